The zero-order chi connectivity index (χ0) is 31.7. The van der Waals surface area contributed by atoms with Crippen molar-refractivity contribution < 1.29 is 0 Å². The van der Waals surface area contributed by atoms with Crippen molar-refractivity contribution in [3.8, 4) is 56.3 Å². The van der Waals surface area contributed by atoms with Gasteiger partial charge in [-0.2, -0.15) is 5.26 Å². The van der Waals surface area contributed by atoms with Gasteiger partial charge >= 0.3 is 0 Å². The fraction of sp³-hybridized carbons (Fsp3) is 0. The number of rotatable bonds is 5. The van der Waals surface area contributed by atoms with Gasteiger partial charge in [-0.1, -0.05) is 140 Å². The number of aromatic nitrogens is 1. The fourth-order valence-electron chi connectivity index (χ4n) is 6.67. The molecule has 0 aliphatic heterocycles. The lowest BCUT2D eigenvalue weighted by Crippen LogP contribution is -2.02. The van der Waals surface area contributed by atoms with Crippen LogP contribution in [0, 0.1) is 17.9 Å². The van der Waals surface area contributed by atoms with E-state index in [9.17, 15) is 5.26 Å². The van der Waals surface area contributed by atoms with Crippen molar-refractivity contribution in [2.75, 3.05) is 0 Å². The Morgan fingerprint density at radius 3 is 1.32 bits per heavy atom. The third kappa shape index (κ3) is 4.75. The third-order valence-electron chi connectivity index (χ3n) is 8.87. The highest BCUT2D eigenvalue weighted by molar-refractivity contribution is 6.13. The number of benzene rings is 7. The van der Waals surface area contributed by atoms with Crippen LogP contribution in [0.4, 0.5) is 5.69 Å². The minimum atomic E-state index is 0.450. The Hall–Kier alpha value is -6.68. The topological polar surface area (TPSA) is 33.1 Å². The standard InChI is InChI=1S/C44H27N3/c1-46-43-37(33-20-12-5-13-21-33)28-36(32-18-10-4-11-19-32)40(29-45)44(43)47-41-24-22-34(30-14-6-2-7-15-30)26-38(41)39-27-35(23-25-42(39)47)31-16-8-3-9-17-31/h2-28H. The highest BCUT2D eigenvalue weighted by atomic mass is 15.0. The first-order valence-corrected chi connectivity index (χ1v) is 15.5. The first-order valence-electron chi connectivity index (χ1n) is 15.5. The van der Waals surface area contributed by atoms with E-state index in [1.54, 1.807) is 0 Å². The molecule has 8 rings (SSSR count). The minimum absolute atomic E-state index is 0.450. The monoisotopic (exact) mass is 597 g/mol. The molecule has 7 aromatic carbocycles. The molecule has 3 heteroatoms. The fourth-order valence-corrected chi connectivity index (χ4v) is 6.67. The molecule has 0 aliphatic rings. The molecule has 0 saturated carbocycles. The molecule has 1 heterocycles. The van der Waals surface area contributed by atoms with Crippen LogP contribution < -0.4 is 0 Å². The molecular weight excluding hydrogens is 571 g/mol. The molecule has 0 aliphatic carbocycles. The van der Waals surface area contributed by atoms with Crippen LogP contribution in [0.2, 0.25) is 0 Å². The Bertz CT molecular complexity index is 2330. The predicted molar refractivity (Wildman–Crippen MR) is 194 cm³/mol. The van der Waals surface area contributed by atoms with Crippen LogP contribution in [0.1, 0.15) is 5.56 Å². The molecule has 8 aromatic rings. The Morgan fingerprint density at radius 1 is 0.468 bits per heavy atom. The first kappa shape index (κ1) is 27.8. The Balaban J connectivity index is 1.53. The summed E-state index contributed by atoms with van der Waals surface area (Å²) in [7, 11) is 0. The summed E-state index contributed by atoms with van der Waals surface area (Å²) in [6, 6.07) is 58.3. The SMILES string of the molecule is [C-]#[N+]c1c(-c2ccccc2)cc(-c2ccccc2)c(C#N)c1-n1c2ccc(-c3ccccc3)cc2c2cc(-c3ccccc3)ccc21. The van der Waals surface area contributed by atoms with Gasteiger partial charge in [-0.25, -0.2) is 4.85 Å². The normalized spacial score (nSPS) is 10.9. The van der Waals surface area contributed by atoms with Crippen molar-refractivity contribution in [1.82, 2.24) is 4.57 Å². The average Bonchev–Trinajstić information content (AvgIpc) is 3.48. The molecule has 0 unspecified atom stereocenters. The Morgan fingerprint density at radius 2 is 0.894 bits per heavy atom. The first-order chi connectivity index (χ1) is 23.2. The van der Waals surface area contributed by atoms with Gasteiger partial charge in [-0.05, 0) is 68.8 Å². The van der Waals surface area contributed by atoms with Crippen LogP contribution in [-0.4, -0.2) is 4.57 Å². The van der Waals surface area contributed by atoms with E-state index in [1.807, 2.05) is 78.9 Å². The molecule has 0 fully saturated rings. The summed E-state index contributed by atoms with van der Waals surface area (Å²) >= 11 is 0. The summed E-state index contributed by atoms with van der Waals surface area (Å²) in [4.78, 5) is 4.17. The van der Waals surface area contributed by atoms with Crippen LogP contribution in [0.15, 0.2) is 164 Å². The summed E-state index contributed by atoms with van der Waals surface area (Å²) in [5, 5.41) is 13.0. The summed E-state index contributed by atoms with van der Waals surface area (Å²) in [5.41, 5.74) is 11.3. The molecule has 1 aromatic heterocycles. The Labute approximate surface area is 273 Å². The van der Waals surface area contributed by atoms with Gasteiger partial charge in [0.15, 0.2) is 0 Å². The second-order valence-electron chi connectivity index (χ2n) is 11.5. The highest BCUT2D eigenvalue weighted by Crippen LogP contribution is 2.46. The van der Waals surface area contributed by atoms with Crippen LogP contribution in [0.5, 0.6) is 0 Å². The lowest BCUT2D eigenvalue weighted by Gasteiger charge is -2.19. The molecule has 0 radical (unpaired) electrons. The van der Waals surface area contributed by atoms with Gasteiger partial charge in [-0.15, -0.1) is 0 Å². The van der Waals surface area contributed by atoms with Crippen molar-refractivity contribution in [3.05, 3.63) is 181 Å². The lowest BCUT2D eigenvalue weighted by molar-refractivity contribution is 1.17. The maximum Gasteiger partial charge on any atom is 0.219 e. The molecule has 218 valence electrons. The van der Waals surface area contributed by atoms with E-state index in [0.717, 1.165) is 66.3 Å². The quantitative estimate of drug-likeness (QED) is 0.182. The van der Waals surface area contributed by atoms with Gasteiger partial charge in [-0.3, -0.25) is 0 Å². The van der Waals surface area contributed by atoms with Gasteiger partial charge in [0.25, 0.3) is 0 Å². The van der Waals surface area contributed by atoms with Crippen molar-refractivity contribution in [3.63, 3.8) is 0 Å². The number of hydrogen-bond acceptors (Lipinski definition) is 1. The molecule has 47 heavy (non-hydrogen) atoms. The molecule has 3 nitrogen and oxygen atoms in total. The van der Waals surface area contributed by atoms with E-state index in [0.29, 0.717) is 16.9 Å². The van der Waals surface area contributed by atoms with Crippen molar-refractivity contribution in [1.29, 1.82) is 5.26 Å². The summed E-state index contributed by atoms with van der Waals surface area (Å²) < 4.78 is 2.14. The van der Waals surface area contributed by atoms with Gasteiger partial charge in [0, 0.05) is 10.8 Å². The second kappa shape index (κ2) is 11.7. The van der Waals surface area contributed by atoms with E-state index in [4.69, 9.17) is 6.57 Å². The maximum absolute atomic E-state index is 10.9. The Kier molecular flexibility index (Phi) is 6.92. The van der Waals surface area contributed by atoms with Crippen LogP contribution in [0.3, 0.4) is 0 Å². The minimum Gasteiger partial charge on any atom is -0.318 e. The van der Waals surface area contributed by atoms with Gasteiger partial charge in [0.2, 0.25) is 5.69 Å². The zero-order valence-corrected chi connectivity index (χ0v) is 25.4. The van der Waals surface area contributed by atoms with Crippen LogP contribution >= 0.6 is 0 Å². The summed E-state index contributed by atoms with van der Waals surface area (Å²) in [6.07, 6.45) is 0. The third-order valence-corrected chi connectivity index (χ3v) is 8.87. The zero-order valence-electron chi connectivity index (χ0n) is 25.4. The van der Waals surface area contributed by atoms with Crippen molar-refractivity contribution in [2.24, 2.45) is 0 Å². The molecule has 0 N–H and O–H groups in total. The van der Waals surface area contributed by atoms with Crippen molar-refractivity contribution in [2.45, 2.75) is 0 Å². The highest BCUT2D eigenvalue weighted by Gasteiger charge is 2.25. The molecule has 0 amide bonds. The lowest BCUT2D eigenvalue weighted by atomic mass is 9.91. The smallest absolute Gasteiger partial charge is 0.219 e. The summed E-state index contributed by atoms with van der Waals surface area (Å²) in [6.45, 7) is 8.54. The molecule has 0 atom stereocenters. The average molecular weight is 598 g/mol. The molecular formula is C44H27N3. The number of hydrogen-bond donors (Lipinski definition) is 0. The molecule has 0 bridgehead atoms. The largest absolute Gasteiger partial charge is 0.318 e. The van der Waals surface area contributed by atoms with E-state index in [2.05, 4.69) is 100 Å². The van der Waals surface area contributed by atoms with E-state index in [1.165, 1.54) is 0 Å². The van der Waals surface area contributed by atoms with Crippen LogP contribution in [-0.2, 0) is 0 Å². The number of nitriles is 1. The molecule has 0 spiro atoms. The van der Waals surface area contributed by atoms with E-state index < -0.39 is 0 Å². The van der Waals surface area contributed by atoms with Gasteiger partial charge in [0.1, 0.15) is 6.07 Å². The van der Waals surface area contributed by atoms with E-state index in [-0.39, 0.29) is 0 Å². The second-order valence-corrected chi connectivity index (χ2v) is 11.5. The number of nitrogens with zero attached hydrogens (tertiary/aromatic N) is 3. The van der Waals surface area contributed by atoms with Crippen LogP contribution in [0.25, 0.3) is 76.8 Å². The molecule has 0 saturated heterocycles. The predicted octanol–water partition coefficient (Wildman–Crippen LogP) is 11.9. The maximum atomic E-state index is 10.9. The van der Waals surface area contributed by atoms with Crippen molar-refractivity contribution >= 4 is 27.5 Å². The van der Waals surface area contributed by atoms with Gasteiger partial charge < -0.3 is 4.57 Å². The number of fused-ring (bicyclic) bond motifs is 3. The van der Waals surface area contributed by atoms with Gasteiger partial charge in [0.05, 0.1) is 28.9 Å². The van der Waals surface area contributed by atoms with E-state index >= 15 is 0 Å². The summed E-state index contributed by atoms with van der Waals surface area (Å²) in [5.74, 6) is 0.